The topological polar surface area (TPSA) is 21.3 Å². The number of nitrogens with one attached hydrogen (secondary N) is 1. The van der Waals surface area contributed by atoms with Crippen LogP contribution in [-0.4, -0.2) is 7.05 Å². The first-order chi connectivity index (χ1) is 9.19. The SMILES string of the molecule is CNCc1ccc(OCc2ccc(C)c(C)c2)cc1. The minimum atomic E-state index is 0.618. The van der Waals surface area contributed by atoms with Crippen molar-refractivity contribution in [3.63, 3.8) is 0 Å². The van der Waals surface area contributed by atoms with Crippen LogP contribution in [0.1, 0.15) is 22.3 Å². The molecular formula is C17H21NO. The molecule has 0 heterocycles. The molecule has 0 atom stereocenters. The predicted molar refractivity (Wildman–Crippen MR) is 79.5 cm³/mol. The third-order valence-corrected chi connectivity index (χ3v) is 3.28. The van der Waals surface area contributed by atoms with Gasteiger partial charge >= 0.3 is 0 Å². The number of hydrogen-bond acceptors (Lipinski definition) is 2. The van der Waals surface area contributed by atoms with Gasteiger partial charge < -0.3 is 10.1 Å². The first kappa shape index (κ1) is 13.6. The minimum Gasteiger partial charge on any atom is -0.489 e. The van der Waals surface area contributed by atoms with E-state index in [9.17, 15) is 0 Å². The van der Waals surface area contributed by atoms with Crippen LogP contribution in [0.3, 0.4) is 0 Å². The highest BCUT2D eigenvalue weighted by atomic mass is 16.5. The fourth-order valence-electron chi connectivity index (χ4n) is 1.97. The summed E-state index contributed by atoms with van der Waals surface area (Å²) in [6.45, 7) is 5.76. The van der Waals surface area contributed by atoms with Crippen molar-refractivity contribution in [2.45, 2.75) is 27.0 Å². The van der Waals surface area contributed by atoms with Crippen LogP contribution in [0.2, 0.25) is 0 Å². The Morgan fingerprint density at radius 1 is 0.895 bits per heavy atom. The summed E-state index contributed by atoms with van der Waals surface area (Å²) in [5.74, 6) is 0.915. The Balaban J connectivity index is 1.96. The Bertz CT molecular complexity index is 531. The van der Waals surface area contributed by atoms with Crippen LogP contribution < -0.4 is 10.1 Å². The Hall–Kier alpha value is -1.80. The van der Waals surface area contributed by atoms with Crippen molar-refractivity contribution in [3.05, 3.63) is 64.7 Å². The van der Waals surface area contributed by atoms with Crippen molar-refractivity contribution in [2.24, 2.45) is 0 Å². The van der Waals surface area contributed by atoms with Gasteiger partial charge in [0.05, 0.1) is 0 Å². The molecule has 0 aliphatic carbocycles. The van der Waals surface area contributed by atoms with E-state index in [1.54, 1.807) is 0 Å². The summed E-state index contributed by atoms with van der Waals surface area (Å²) in [6.07, 6.45) is 0. The zero-order chi connectivity index (χ0) is 13.7. The van der Waals surface area contributed by atoms with E-state index in [1.807, 2.05) is 19.2 Å². The van der Waals surface area contributed by atoms with Crippen molar-refractivity contribution in [1.29, 1.82) is 0 Å². The second-order valence-electron chi connectivity index (χ2n) is 4.88. The molecule has 19 heavy (non-hydrogen) atoms. The molecule has 0 bridgehead atoms. The Morgan fingerprint density at radius 2 is 1.58 bits per heavy atom. The molecule has 1 N–H and O–H groups in total. The molecule has 0 unspecified atom stereocenters. The largest absolute Gasteiger partial charge is 0.489 e. The lowest BCUT2D eigenvalue weighted by Gasteiger charge is -2.09. The van der Waals surface area contributed by atoms with E-state index in [-0.39, 0.29) is 0 Å². The molecule has 0 aliphatic rings. The summed E-state index contributed by atoms with van der Waals surface area (Å²) >= 11 is 0. The molecule has 0 amide bonds. The molecule has 0 saturated carbocycles. The zero-order valence-corrected chi connectivity index (χ0v) is 11.9. The average Bonchev–Trinajstić information content (AvgIpc) is 2.42. The number of hydrogen-bond donors (Lipinski definition) is 1. The van der Waals surface area contributed by atoms with E-state index < -0.39 is 0 Å². The maximum atomic E-state index is 5.80. The van der Waals surface area contributed by atoms with Gasteiger partial charge in [-0.1, -0.05) is 30.3 Å². The van der Waals surface area contributed by atoms with Crippen LogP contribution in [0.15, 0.2) is 42.5 Å². The van der Waals surface area contributed by atoms with Crippen molar-refractivity contribution < 1.29 is 4.74 Å². The molecule has 2 heteroatoms. The normalized spacial score (nSPS) is 10.5. The number of ether oxygens (including phenoxy) is 1. The van der Waals surface area contributed by atoms with Gasteiger partial charge in [-0.2, -0.15) is 0 Å². The second-order valence-corrected chi connectivity index (χ2v) is 4.88. The molecule has 0 fully saturated rings. The van der Waals surface area contributed by atoms with Crippen LogP contribution in [0.4, 0.5) is 0 Å². The summed E-state index contributed by atoms with van der Waals surface area (Å²) in [4.78, 5) is 0. The minimum absolute atomic E-state index is 0.618. The number of aryl methyl sites for hydroxylation is 2. The highest BCUT2D eigenvalue weighted by molar-refractivity contribution is 5.31. The van der Waals surface area contributed by atoms with E-state index in [2.05, 4.69) is 49.5 Å². The van der Waals surface area contributed by atoms with Gasteiger partial charge in [-0.15, -0.1) is 0 Å². The molecular weight excluding hydrogens is 234 g/mol. The number of rotatable bonds is 5. The van der Waals surface area contributed by atoms with Crippen molar-refractivity contribution in [3.8, 4) is 5.75 Å². The monoisotopic (exact) mass is 255 g/mol. The fourth-order valence-corrected chi connectivity index (χ4v) is 1.97. The standard InChI is InChI=1S/C17H21NO/c1-13-4-5-16(10-14(13)2)12-19-17-8-6-15(7-9-17)11-18-3/h4-10,18H,11-12H2,1-3H3. The quantitative estimate of drug-likeness (QED) is 0.881. The third kappa shape index (κ3) is 3.83. The summed E-state index contributed by atoms with van der Waals surface area (Å²) in [5.41, 5.74) is 5.11. The molecule has 2 rings (SSSR count). The van der Waals surface area contributed by atoms with Gasteiger partial charge in [0.25, 0.3) is 0 Å². The Morgan fingerprint density at radius 3 is 2.21 bits per heavy atom. The molecule has 0 aromatic heterocycles. The van der Waals surface area contributed by atoms with E-state index in [1.165, 1.54) is 22.3 Å². The molecule has 0 radical (unpaired) electrons. The van der Waals surface area contributed by atoms with Crippen molar-refractivity contribution >= 4 is 0 Å². The highest BCUT2D eigenvalue weighted by Gasteiger charge is 1.99. The lowest BCUT2D eigenvalue weighted by atomic mass is 10.1. The van der Waals surface area contributed by atoms with Crippen LogP contribution in [-0.2, 0) is 13.2 Å². The van der Waals surface area contributed by atoms with Gasteiger partial charge in [0, 0.05) is 6.54 Å². The molecule has 0 aliphatic heterocycles. The smallest absolute Gasteiger partial charge is 0.119 e. The van der Waals surface area contributed by atoms with Crippen LogP contribution in [0, 0.1) is 13.8 Å². The van der Waals surface area contributed by atoms with Crippen molar-refractivity contribution in [1.82, 2.24) is 5.32 Å². The molecule has 100 valence electrons. The van der Waals surface area contributed by atoms with Gasteiger partial charge in [-0.05, 0) is 55.3 Å². The predicted octanol–water partition coefficient (Wildman–Crippen LogP) is 3.60. The summed E-state index contributed by atoms with van der Waals surface area (Å²) < 4.78 is 5.80. The van der Waals surface area contributed by atoms with Gasteiger partial charge in [-0.3, -0.25) is 0 Å². The molecule has 0 saturated heterocycles. The second kappa shape index (κ2) is 6.39. The maximum absolute atomic E-state index is 5.80. The molecule has 2 aromatic rings. The maximum Gasteiger partial charge on any atom is 0.119 e. The molecule has 2 nitrogen and oxygen atoms in total. The molecule has 2 aromatic carbocycles. The first-order valence-electron chi connectivity index (χ1n) is 6.61. The molecule has 0 spiro atoms. The van der Waals surface area contributed by atoms with Gasteiger partial charge in [0.1, 0.15) is 12.4 Å². The zero-order valence-electron chi connectivity index (χ0n) is 11.9. The average molecular weight is 255 g/mol. The summed E-state index contributed by atoms with van der Waals surface area (Å²) in [6, 6.07) is 14.7. The Labute approximate surface area is 115 Å². The van der Waals surface area contributed by atoms with Crippen molar-refractivity contribution in [2.75, 3.05) is 7.05 Å². The van der Waals surface area contributed by atoms with Crippen LogP contribution >= 0.6 is 0 Å². The first-order valence-corrected chi connectivity index (χ1v) is 6.61. The lowest BCUT2D eigenvalue weighted by molar-refractivity contribution is 0.306. The van der Waals surface area contributed by atoms with Crippen LogP contribution in [0.25, 0.3) is 0 Å². The van der Waals surface area contributed by atoms with E-state index in [0.717, 1.165) is 12.3 Å². The van der Waals surface area contributed by atoms with E-state index in [0.29, 0.717) is 6.61 Å². The summed E-state index contributed by atoms with van der Waals surface area (Å²) in [5, 5.41) is 3.13. The van der Waals surface area contributed by atoms with E-state index >= 15 is 0 Å². The lowest BCUT2D eigenvalue weighted by Crippen LogP contribution is -2.04. The van der Waals surface area contributed by atoms with Gasteiger partial charge in [-0.25, -0.2) is 0 Å². The summed E-state index contributed by atoms with van der Waals surface area (Å²) in [7, 11) is 1.95. The van der Waals surface area contributed by atoms with E-state index in [4.69, 9.17) is 4.74 Å². The Kier molecular flexibility index (Phi) is 4.58. The van der Waals surface area contributed by atoms with Gasteiger partial charge in [0.2, 0.25) is 0 Å². The third-order valence-electron chi connectivity index (χ3n) is 3.28. The highest BCUT2D eigenvalue weighted by Crippen LogP contribution is 2.16. The fraction of sp³-hybridized carbons (Fsp3) is 0.294. The van der Waals surface area contributed by atoms with Gasteiger partial charge in [0.15, 0.2) is 0 Å². The number of benzene rings is 2. The van der Waals surface area contributed by atoms with Crippen LogP contribution in [0.5, 0.6) is 5.75 Å².